The minimum absolute atomic E-state index is 0.0758. The Balaban J connectivity index is -0.000000156. The van der Waals surface area contributed by atoms with Gasteiger partial charge in [-0.1, -0.05) is 94.9 Å². The van der Waals surface area contributed by atoms with Gasteiger partial charge in [-0.05, 0) is 117 Å². The van der Waals surface area contributed by atoms with Crippen LogP contribution in [0, 0.1) is 29.6 Å². The molecule has 0 aliphatic heterocycles. The molecule has 0 amide bonds. The summed E-state index contributed by atoms with van der Waals surface area (Å²) in [6, 6.07) is 0. The number of rotatable bonds is 18. The van der Waals surface area contributed by atoms with E-state index in [0.29, 0.717) is 30.5 Å². The van der Waals surface area contributed by atoms with Gasteiger partial charge in [-0.15, -0.1) is 0 Å². The molecule has 0 aliphatic rings. The van der Waals surface area contributed by atoms with Crippen molar-refractivity contribution in [3.05, 3.63) is 0 Å². The van der Waals surface area contributed by atoms with E-state index in [2.05, 4.69) is 88.2 Å². The number of ether oxygens (including phenoxy) is 1. The van der Waals surface area contributed by atoms with Crippen molar-refractivity contribution in [2.24, 2.45) is 35.3 Å². The second-order valence-corrected chi connectivity index (χ2v) is 15.9. The molecule has 0 aliphatic carbocycles. The van der Waals surface area contributed by atoms with Gasteiger partial charge in [0.15, 0.2) is 0 Å². The molecule has 0 bridgehead atoms. The molecule has 5 nitrogen and oxygen atoms in total. The van der Waals surface area contributed by atoms with Crippen LogP contribution in [0.2, 0.25) is 0 Å². The molecule has 0 fully saturated rings. The Kier molecular flexibility index (Phi) is 43.4. The van der Waals surface area contributed by atoms with Gasteiger partial charge < -0.3 is 20.2 Å². The van der Waals surface area contributed by atoms with Crippen LogP contribution in [0.3, 0.4) is 0 Å². The lowest BCUT2D eigenvalue weighted by molar-refractivity contribution is -0.155. The van der Waals surface area contributed by atoms with Gasteiger partial charge >= 0.3 is 5.97 Å². The molecule has 0 saturated heterocycles. The number of unbranched alkanes of at least 4 members (excludes halogenated alkanes) is 1. The molecule has 0 aromatic heterocycles. The summed E-state index contributed by atoms with van der Waals surface area (Å²) in [5.74, 6) is 3.92. The van der Waals surface area contributed by atoms with Gasteiger partial charge in [-0.25, -0.2) is 8.78 Å². The fourth-order valence-corrected chi connectivity index (χ4v) is 3.51. The predicted molar refractivity (Wildman–Crippen MR) is 200 cm³/mol. The van der Waals surface area contributed by atoms with Crippen LogP contribution < -0.4 is 5.73 Å². The first-order valence-corrected chi connectivity index (χ1v) is 18.3. The average molecular weight is 667 g/mol. The molecule has 0 rings (SSSR count). The van der Waals surface area contributed by atoms with E-state index in [1.165, 1.54) is 19.4 Å². The summed E-state index contributed by atoms with van der Waals surface area (Å²) in [7, 11) is 4.23. The van der Waals surface area contributed by atoms with Gasteiger partial charge in [0.05, 0.1) is 0 Å². The average Bonchev–Trinajstić information content (AvgIpc) is 2.85. The molecule has 0 atom stereocenters. The molecule has 0 aromatic carbocycles. The number of carbonyl (C=O) groups excluding carboxylic acids is 2. The lowest BCUT2D eigenvalue weighted by Crippen LogP contribution is -2.23. The highest BCUT2D eigenvalue weighted by atomic mass is 19.3. The first-order chi connectivity index (χ1) is 21.0. The molecule has 0 aromatic rings. The second kappa shape index (κ2) is 36.8. The molecule has 46 heavy (non-hydrogen) atoms. The first-order valence-electron chi connectivity index (χ1n) is 18.3. The summed E-state index contributed by atoms with van der Waals surface area (Å²) in [6.45, 7) is 31.2. The zero-order chi connectivity index (χ0) is 37.3. The number of nitrogens with zero attached hydrogens (tertiary/aromatic N) is 1. The molecule has 0 spiro atoms. The zero-order valence-corrected chi connectivity index (χ0v) is 33.9. The van der Waals surface area contributed by atoms with Crippen molar-refractivity contribution in [1.82, 2.24) is 4.90 Å². The molecule has 282 valence electrons. The van der Waals surface area contributed by atoms with Crippen molar-refractivity contribution >= 4 is 11.8 Å². The van der Waals surface area contributed by atoms with E-state index >= 15 is 0 Å². The van der Waals surface area contributed by atoms with E-state index in [-0.39, 0.29) is 18.0 Å². The maximum absolute atomic E-state index is 11.6. The van der Waals surface area contributed by atoms with Crippen LogP contribution in [0.25, 0.3) is 0 Å². The summed E-state index contributed by atoms with van der Waals surface area (Å²) in [4.78, 5) is 23.9. The quantitative estimate of drug-likeness (QED) is 0.116. The van der Waals surface area contributed by atoms with E-state index in [9.17, 15) is 18.4 Å². The number of esters is 1. The smallest absolute Gasteiger partial charge is 0.306 e. The van der Waals surface area contributed by atoms with Crippen molar-refractivity contribution in [2.75, 3.05) is 27.2 Å². The van der Waals surface area contributed by atoms with E-state index in [4.69, 9.17) is 10.5 Å². The topological polar surface area (TPSA) is 72.6 Å². The number of Topliss-reactive ketones (excluding diaryl/α,β-unsaturated/α-hetero) is 1. The Morgan fingerprint density at radius 3 is 1.26 bits per heavy atom. The molecular formula is C39H84F2N2O3. The number of carbonyl (C=O) groups is 2. The van der Waals surface area contributed by atoms with Crippen molar-refractivity contribution in [2.45, 2.75) is 186 Å². The third kappa shape index (κ3) is 78.9. The largest absolute Gasteiger partial charge is 0.460 e. The van der Waals surface area contributed by atoms with Crippen molar-refractivity contribution in [1.29, 1.82) is 0 Å². The number of alkyl halides is 2. The van der Waals surface area contributed by atoms with Gasteiger partial charge in [0.1, 0.15) is 11.4 Å². The zero-order valence-electron chi connectivity index (χ0n) is 33.9. The summed E-state index contributed by atoms with van der Waals surface area (Å²) < 4.78 is 28.3. The van der Waals surface area contributed by atoms with Gasteiger partial charge in [0.2, 0.25) is 6.43 Å². The van der Waals surface area contributed by atoms with E-state index in [0.717, 1.165) is 69.2 Å². The Morgan fingerprint density at radius 1 is 0.630 bits per heavy atom. The monoisotopic (exact) mass is 667 g/mol. The lowest BCUT2D eigenvalue weighted by Gasteiger charge is -2.19. The normalized spacial score (nSPS) is 11.1. The Labute approximate surface area is 287 Å². The minimum Gasteiger partial charge on any atom is -0.460 e. The number of hydrogen-bond acceptors (Lipinski definition) is 5. The molecule has 7 heteroatoms. The standard InChI is InChI=1S/C11H22O2.C8H16F2.C8H16O.C7H17N.C5H13N/c1-9(2)7-6-8-10(12)13-11(3,4)5;1-7(2)5-3-4-6-8(9)10;1-7(2)5-4-6-8(3)9;1-7(2)5-6-8(3)4;1-5(2)3-4-6/h9H,6-8H2,1-5H3;7-8H,3-6H2,1-2H3;7H,4-6H2,1-3H3;7H,5-6H2,1-4H3;5H,3-4,6H2,1-2H3. The van der Waals surface area contributed by atoms with Crippen LogP contribution >= 0.6 is 0 Å². The van der Waals surface area contributed by atoms with Crippen LogP contribution in [0.15, 0.2) is 0 Å². The number of ketones is 1. The molecule has 0 heterocycles. The number of nitrogens with two attached hydrogens (primary N) is 1. The van der Waals surface area contributed by atoms with Crippen LogP contribution in [0.5, 0.6) is 0 Å². The number of hydrogen-bond donors (Lipinski definition) is 1. The molecule has 2 N–H and O–H groups in total. The first kappa shape index (κ1) is 54.4. The van der Waals surface area contributed by atoms with E-state index < -0.39 is 6.43 Å². The third-order valence-electron chi connectivity index (χ3n) is 6.24. The Hall–Kier alpha value is -1.08. The number of halogens is 2. The summed E-state index contributed by atoms with van der Waals surface area (Å²) in [5.41, 5.74) is 4.89. The lowest BCUT2D eigenvalue weighted by atomic mass is 10.1. The third-order valence-corrected chi connectivity index (χ3v) is 6.24. The maximum atomic E-state index is 11.6. The highest BCUT2D eigenvalue weighted by Crippen LogP contribution is 2.13. The van der Waals surface area contributed by atoms with Gasteiger partial charge in [-0.2, -0.15) is 0 Å². The van der Waals surface area contributed by atoms with Crippen LogP contribution in [0.4, 0.5) is 8.78 Å². The van der Waals surface area contributed by atoms with Gasteiger partial charge in [0.25, 0.3) is 0 Å². The van der Waals surface area contributed by atoms with Gasteiger partial charge in [0, 0.05) is 19.3 Å². The van der Waals surface area contributed by atoms with Crippen molar-refractivity contribution in [3.8, 4) is 0 Å². The van der Waals surface area contributed by atoms with Crippen molar-refractivity contribution < 1.29 is 23.1 Å². The van der Waals surface area contributed by atoms with Crippen LogP contribution in [-0.4, -0.2) is 55.9 Å². The van der Waals surface area contributed by atoms with Crippen molar-refractivity contribution in [3.63, 3.8) is 0 Å². The minimum atomic E-state index is -2.10. The summed E-state index contributed by atoms with van der Waals surface area (Å²) >= 11 is 0. The molecule has 0 unspecified atom stereocenters. The molecule has 0 radical (unpaired) electrons. The summed E-state index contributed by atoms with van der Waals surface area (Å²) in [5, 5.41) is 0. The Morgan fingerprint density at radius 2 is 1.00 bits per heavy atom. The molecule has 0 saturated carbocycles. The molecular weight excluding hydrogens is 582 g/mol. The Bertz CT molecular complexity index is 611. The SMILES string of the molecule is CC(=O)CCCC(C)C.CC(C)CCCC(=O)OC(C)(C)C.CC(C)CCCCC(F)F.CC(C)CCN.CC(C)CCN(C)C. The second-order valence-electron chi connectivity index (χ2n) is 15.9. The van der Waals surface area contributed by atoms with E-state index in [1.807, 2.05) is 20.8 Å². The van der Waals surface area contributed by atoms with Crippen LogP contribution in [0.1, 0.15) is 174 Å². The fraction of sp³-hybridized carbons (Fsp3) is 0.949. The van der Waals surface area contributed by atoms with E-state index in [1.54, 1.807) is 6.92 Å². The fourth-order valence-electron chi connectivity index (χ4n) is 3.51. The summed E-state index contributed by atoms with van der Waals surface area (Å²) in [6.07, 6.45) is 8.73. The van der Waals surface area contributed by atoms with Gasteiger partial charge in [-0.3, -0.25) is 4.79 Å². The van der Waals surface area contributed by atoms with Crippen LogP contribution in [-0.2, 0) is 14.3 Å². The highest BCUT2D eigenvalue weighted by Gasteiger charge is 2.15. The predicted octanol–water partition coefficient (Wildman–Crippen LogP) is 11.6. The highest BCUT2D eigenvalue weighted by molar-refractivity contribution is 5.75. The maximum Gasteiger partial charge on any atom is 0.306 e.